The maximum atomic E-state index is 15.2. The number of aromatic nitrogens is 3. The van der Waals surface area contributed by atoms with Crippen molar-refractivity contribution in [1.82, 2.24) is 25.2 Å². The van der Waals surface area contributed by atoms with Gasteiger partial charge in [0, 0.05) is 54.8 Å². The Hall–Kier alpha value is -4.14. The predicted octanol–water partition coefficient (Wildman–Crippen LogP) is 5.52. The van der Waals surface area contributed by atoms with Crippen LogP contribution in [0.4, 0.5) is 19.0 Å². The fourth-order valence-electron chi connectivity index (χ4n) is 6.26. The Morgan fingerprint density at radius 3 is 2.73 bits per heavy atom. The number of anilines is 1. The molecule has 2 N–H and O–H groups in total. The smallest absolute Gasteiger partial charge is 0.318 e. The van der Waals surface area contributed by atoms with Gasteiger partial charge in [-0.2, -0.15) is 9.97 Å². The zero-order chi connectivity index (χ0) is 31.2. The van der Waals surface area contributed by atoms with Crippen LogP contribution < -0.4 is 15.0 Å². The van der Waals surface area contributed by atoms with Crippen LogP contribution in [0.15, 0.2) is 30.5 Å². The van der Waals surface area contributed by atoms with Crippen molar-refractivity contribution in [3.63, 3.8) is 0 Å². The molecule has 0 spiro atoms. The van der Waals surface area contributed by atoms with Crippen molar-refractivity contribution >= 4 is 27.5 Å². The number of alkyl halides is 2. The largest absolute Gasteiger partial charge is 0.508 e. The molecule has 6 rings (SSSR count). The first-order valence-electron chi connectivity index (χ1n) is 14.8. The number of phenolic OH excluding ortho intramolecular Hbond substituents is 1. The Balaban J connectivity index is 1.57. The first kappa shape index (κ1) is 29.9. The van der Waals surface area contributed by atoms with E-state index in [1.807, 2.05) is 14.1 Å². The maximum absolute atomic E-state index is 15.2. The topological polar surface area (TPSA) is 86.6 Å². The number of ether oxygens (including phenoxy) is 1. The number of fused-ring (bicyclic) bond motifs is 2. The number of aromatic hydroxyl groups is 1. The molecule has 2 aromatic carbocycles. The average molecular weight is 605 g/mol. The van der Waals surface area contributed by atoms with E-state index in [9.17, 15) is 9.50 Å². The number of terminal acetylenes is 1. The summed E-state index contributed by atoms with van der Waals surface area (Å²) in [6.45, 7) is 5.22. The van der Waals surface area contributed by atoms with Crippen molar-refractivity contribution in [2.24, 2.45) is 5.41 Å². The number of rotatable bonds is 9. The van der Waals surface area contributed by atoms with Gasteiger partial charge in [-0.25, -0.2) is 13.2 Å². The third-order valence-corrected chi connectivity index (χ3v) is 8.57. The number of benzene rings is 2. The van der Waals surface area contributed by atoms with E-state index in [2.05, 4.69) is 37.9 Å². The van der Waals surface area contributed by atoms with E-state index >= 15 is 8.78 Å². The molecule has 2 fully saturated rings. The molecule has 11 heteroatoms. The van der Waals surface area contributed by atoms with Crippen LogP contribution in [-0.4, -0.2) is 77.9 Å². The maximum Gasteiger partial charge on any atom is 0.318 e. The number of halogens is 3. The van der Waals surface area contributed by atoms with Crippen LogP contribution in [0, 0.1) is 23.6 Å². The monoisotopic (exact) mass is 604 g/mol. The van der Waals surface area contributed by atoms with Gasteiger partial charge in [-0.3, -0.25) is 4.98 Å². The van der Waals surface area contributed by atoms with Crippen LogP contribution in [0.1, 0.15) is 43.7 Å². The summed E-state index contributed by atoms with van der Waals surface area (Å²) in [5, 5.41) is 15.0. The van der Waals surface area contributed by atoms with Gasteiger partial charge in [0.2, 0.25) is 0 Å². The van der Waals surface area contributed by atoms with Crippen LogP contribution >= 0.6 is 0 Å². The Kier molecular flexibility index (Phi) is 7.99. The summed E-state index contributed by atoms with van der Waals surface area (Å²) in [6, 6.07) is 5.53. The molecule has 1 saturated carbocycles. The minimum Gasteiger partial charge on any atom is -0.508 e. The lowest BCUT2D eigenvalue weighted by Gasteiger charge is -2.34. The fraction of sp³-hybridized carbons (Fsp3) is 0.424. The molecule has 0 radical (unpaired) electrons. The lowest BCUT2D eigenvalue weighted by molar-refractivity contribution is 0.153. The molecule has 1 unspecified atom stereocenters. The molecular weight excluding hydrogens is 569 g/mol. The molecule has 4 aromatic rings. The highest BCUT2D eigenvalue weighted by Gasteiger charge is 2.44. The summed E-state index contributed by atoms with van der Waals surface area (Å²) in [5.74, 6) is 1.94. The zero-order valence-corrected chi connectivity index (χ0v) is 25.0. The molecule has 0 amide bonds. The van der Waals surface area contributed by atoms with Gasteiger partial charge in [0.25, 0.3) is 6.43 Å². The van der Waals surface area contributed by atoms with Crippen LogP contribution in [0.5, 0.6) is 11.8 Å². The fourth-order valence-corrected chi connectivity index (χ4v) is 6.26. The van der Waals surface area contributed by atoms with Crippen molar-refractivity contribution in [2.45, 2.75) is 38.7 Å². The van der Waals surface area contributed by atoms with E-state index in [0.717, 1.165) is 25.8 Å². The number of phenols is 1. The molecule has 1 saturated heterocycles. The van der Waals surface area contributed by atoms with Gasteiger partial charge in [-0.05, 0) is 56.9 Å². The molecule has 3 heterocycles. The second-order valence-electron chi connectivity index (χ2n) is 12.1. The summed E-state index contributed by atoms with van der Waals surface area (Å²) < 4.78 is 51.4. The lowest BCUT2D eigenvalue weighted by atomic mass is 9.94. The number of nitrogens with one attached hydrogen (secondary N) is 1. The molecule has 1 aliphatic heterocycles. The SMILES string of the molecule is C#Cc1c(F)ccc2cc(O)cc(-c3ncc4c(N5CCNC(CC)C5)nc(OCC5(CN(C)C)CC5)nc4c3C(F)F)c12. The Bertz CT molecular complexity index is 1770. The molecule has 44 heavy (non-hydrogen) atoms. The van der Waals surface area contributed by atoms with E-state index in [1.54, 1.807) is 0 Å². The molecule has 1 aliphatic carbocycles. The molecular formula is C33H35F3N6O2. The second-order valence-corrected chi connectivity index (χ2v) is 12.1. The van der Waals surface area contributed by atoms with Crippen molar-refractivity contribution < 1.29 is 23.0 Å². The molecule has 1 atom stereocenters. The standard InChI is InChI=1S/C33H35F3N6O2/c1-5-20-16-42(12-11-37-20)31-24-15-38-28(23-14-21(43)13-19-7-8-25(34)22(6-2)26(19)23)27(30(35)36)29(24)39-32(40-31)44-18-33(9-10-33)17-41(3)4/h2,7-8,13-15,20,30,37,43H,5,9-12,16-18H2,1,3-4H3. The number of nitrogens with zero attached hydrogens (tertiary/aromatic N) is 5. The van der Waals surface area contributed by atoms with Crippen molar-refractivity contribution in [2.75, 3.05) is 51.8 Å². The van der Waals surface area contributed by atoms with Crippen LogP contribution in [0.25, 0.3) is 32.9 Å². The van der Waals surface area contributed by atoms with Crippen LogP contribution in [0.3, 0.4) is 0 Å². The Morgan fingerprint density at radius 1 is 1.25 bits per heavy atom. The normalized spacial score (nSPS) is 17.9. The number of piperazine rings is 1. The summed E-state index contributed by atoms with van der Waals surface area (Å²) in [6.07, 6.45) is 7.00. The quantitative estimate of drug-likeness (QED) is 0.242. The Labute approximate surface area is 254 Å². The third kappa shape index (κ3) is 5.60. The average Bonchev–Trinajstić information content (AvgIpc) is 3.77. The van der Waals surface area contributed by atoms with Gasteiger partial charge < -0.3 is 25.0 Å². The van der Waals surface area contributed by atoms with Crippen molar-refractivity contribution in [3.8, 4) is 35.4 Å². The van der Waals surface area contributed by atoms with Gasteiger partial charge in [-0.15, -0.1) is 6.42 Å². The summed E-state index contributed by atoms with van der Waals surface area (Å²) >= 11 is 0. The van der Waals surface area contributed by atoms with Gasteiger partial charge >= 0.3 is 6.01 Å². The first-order valence-corrected chi connectivity index (χ1v) is 14.8. The third-order valence-electron chi connectivity index (χ3n) is 8.57. The molecule has 2 aliphatic rings. The molecule has 8 nitrogen and oxygen atoms in total. The van der Waals surface area contributed by atoms with Crippen LogP contribution in [0.2, 0.25) is 0 Å². The van der Waals surface area contributed by atoms with Crippen LogP contribution in [-0.2, 0) is 0 Å². The van der Waals surface area contributed by atoms with E-state index in [-0.39, 0.29) is 50.9 Å². The number of pyridine rings is 1. The van der Waals surface area contributed by atoms with Crippen molar-refractivity contribution in [1.29, 1.82) is 0 Å². The van der Waals surface area contributed by atoms with Gasteiger partial charge in [0.15, 0.2) is 0 Å². The van der Waals surface area contributed by atoms with E-state index in [0.29, 0.717) is 42.8 Å². The summed E-state index contributed by atoms with van der Waals surface area (Å²) in [4.78, 5) is 18.0. The van der Waals surface area contributed by atoms with Gasteiger partial charge in [-0.1, -0.05) is 18.9 Å². The van der Waals surface area contributed by atoms with Crippen molar-refractivity contribution in [3.05, 3.63) is 47.4 Å². The second kappa shape index (κ2) is 11.7. The lowest BCUT2D eigenvalue weighted by Crippen LogP contribution is -2.50. The van der Waals surface area contributed by atoms with E-state index in [4.69, 9.17) is 16.1 Å². The molecule has 0 bridgehead atoms. The highest BCUT2D eigenvalue weighted by Crippen LogP contribution is 2.47. The zero-order valence-electron chi connectivity index (χ0n) is 25.0. The highest BCUT2D eigenvalue weighted by atomic mass is 19.3. The summed E-state index contributed by atoms with van der Waals surface area (Å²) in [7, 11) is 4.01. The van der Waals surface area contributed by atoms with Gasteiger partial charge in [0.05, 0.1) is 34.3 Å². The highest BCUT2D eigenvalue weighted by molar-refractivity contribution is 6.04. The summed E-state index contributed by atoms with van der Waals surface area (Å²) in [5.41, 5.74) is -0.673. The predicted molar refractivity (Wildman–Crippen MR) is 165 cm³/mol. The molecule has 2 aromatic heterocycles. The van der Waals surface area contributed by atoms with E-state index in [1.165, 1.54) is 30.5 Å². The minimum atomic E-state index is -3.02. The van der Waals surface area contributed by atoms with E-state index < -0.39 is 17.8 Å². The first-order chi connectivity index (χ1) is 21.1. The minimum absolute atomic E-state index is 0.0100. The Morgan fingerprint density at radius 2 is 2.05 bits per heavy atom. The number of hydrogen-bond acceptors (Lipinski definition) is 8. The van der Waals surface area contributed by atoms with Gasteiger partial charge in [0.1, 0.15) is 17.4 Å². The molecule has 230 valence electrons. The number of hydrogen-bond donors (Lipinski definition) is 2.